The molecule has 0 saturated heterocycles. The molecule has 10 heteroatoms. The number of anilines is 4. The van der Waals surface area contributed by atoms with E-state index in [4.69, 9.17) is 17.3 Å². The Bertz CT molecular complexity index is 965. The molecule has 0 aliphatic carbocycles. The molecule has 1 atom stereocenters. The van der Waals surface area contributed by atoms with Crippen LogP contribution in [0, 0.1) is 0 Å². The normalized spacial score (nSPS) is 12.5. The zero-order valence-corrected chi connectivity index (χ0v) is 15.4. The number of hydrogen-bond acceptors (Lipinski definition) is 6. The molecule has 0 radical (unpaired) electrons. The van der Waals surface area contributed by atoms with Crippen molar-refractivity contribution in [2.24, 2.45) is 0 Å². The van der Waals surface area contributed by atoms with Gasteiger partial charge in [-0.2, -0.15) is 13.2 Å². The van der Waals surface area contributed by atoms with Crippen LogP contribution in [0.5, 0.6) is 0 Å². The number of pyridine rings is 1. The Morgan fingerprint density at radius 3 is 2.36 bits per heavy atom. The van der Waals surface area contributed by atoms with Gasteiger partial charge in [0.25, 0.3) is 0 Å². The van der Waals surface area contributed by atoms with Gasteiger partial charge in [0, 0.05) is 6.20 Å². The van der Waals surface area contributed by atoms with Crippen molar-refractivity contribution in [3.63, 3.8) is 0 Å². The minimum atomic E-state index is -4.53. The van der Waals surface area contributed by atoms with E-state index in [2.05, 4.69) is 25.6 Å². The highest BCUT2D eigenvalue weighted by Crippen LogP contribution is 2.34. The number of nitrogens with two attached hydrogens (primary N) is 1. The first-order chi connectivity index (χ1) is 13.3. The van der Waals surface area contributed by atoms with Crippen molar-refractivity contribution < 1.29 is 13.2 Å². The molecule has 0 amide bonds. The van der Waals surface area contributed by atoms with Crippen LogP contribution >= 0.6 is 11.6 Å². The van der Waals surface area contributed by atoms with E-state index in [0.717, 1.165) is 11.6 Å². The van der Waals surface area contributed by atoms with Gasteiger partial charge >= 0.3 is 6.18 Å². The van der Waals surface area contributed by atoms with Gasteiger partial charge in [-0.1, -0.05) is 41.9 Å². The van der Waals surface area contributed by atoms with E-state index >= 15 is 0 Å². The third-order valence-electron chi connectivity index (χ3n) is 3.94. The second-order valence-electron chi connectivity index (χ2n) is 5.94. The average molecular weight is 409 g/mol. The van der Waals surface area contributed by atoms with Crippen molar-refractivity contribution in [2.75, 3.05) is 16.4 Å². The molecule has 0 fully saturated rings. The first-order valence-electron chi connectivity index (χ1n) is 8.17. The van der Waals surface area contributed by atoms with Crippen LogP contribution in [0.1, 0.15) is 24.1 Å². The second-order valence-corrected chi connectivity index (χ2v) is 6.35. The SMILES string of the molecule is CC(Nc1ncnc(Nc2ncc(C(F)(F)F)cc2Cl)c1N)c1ccccc1. The molecule has 2 heterocycles. The molecule has 2 aromatic heterocycles. The Hall–Kier alpha value is -3.07. The van der Waals surface area contributed by atoms with E-state index in [0.29, 0.717) is 12.0 Å². The lowest BCUT2D eigenvalue weighted by atomic mass is 10.1. The van der Waals surface area contributed by atoms with E-state index in [1.807, 2.05) is 37.3 Å². The Kier molecular flexibility index (Phi) is 5.55. The van der Waals surface area contributed by atoms with Crippen LogP contribution in [0.4, 0.5) is 36.3 Å². The van der Waals surface area contributed by atoms with Crippen LogP contribution in [0.2, 0.25) is 5.02 Å². The van der Waals surface area contributed by atoms with Gasteiger partial charge in [-0.05, 0) is 18.6 Å². The van der Waals surface area contributed by atoms with Crippen molar-refractivity contribution in [1.29, 1.82) is 0 Å². The summed E-state index contributed by atoms with van der Waals surface area (Å²) >= 11 is 5.92. The van der Waals surface area contributed by atoms with Gasteiger partial charge in [-0.25, -0.2) is 15.0 Å². The molecule has 1 aromatic carbocycles. The fourth-order valence-electron chi connectivity index (χ4n) is 2.44. The highest BCUT2D eigenvalue weighted by atomic mass is 35.5. The first kappa shape index (κ1) is 19.7. The van der Waals surface area contributed by atoms with Crippen molar-refractivity contribution in [2.45, 2.75) is 19.1 Å². The fraction of sp³-hybridized carbons (Fsp3) is 0.167. The summed E-state index contributed by atoms with van der Waals surface area (Å²) in [5.74, 6) is 0.547. The third-order valence-corrected chi connectivity index (χ3v) is 4.23. The van der Waals surface area contributed by atoms with Gasteiger partial charge in [0.05, 0.1) is 16.6 Å². The summed E-state index contributed by atoms with van der Waals surface area (Å²) in [4.78, 5) is 11.9. The Balaban J connectivity index is 1.82. The quantitative estimate of drug-likeness (QED) is 0.548. The monoisotopic (exact) mass is 408 g/mol. The lowest BCUT2D eigenvalue weighted by molar-refractivity contribution is -0.137. The number of rotatable bonds is 5. The zero-order valence-electron chi connectivity index (χ0n) is 14.6. The van der Waals surface area contributed by atoms with Crippen LogP contribution in [0.3, 0.4) is 0 Å². The molecule has 1 unspecified atom stereocenters. The summed E-state index contributed by atoms with van der Waals surface area (Å²) in [6.07, 6.45) is -2.58. The summed E-state index contributed by atoms with van der Waals surface area (Å²) in [5.41, 5.74) is 6.37. The van der Waals surface area contributed by atoms with Gasteiger partial charge in [0.2, 0.25) is 0 Å². The highest BCUT2D eigenvalue weighted by molar-refractivity contribution is 6.33. The molecule has 146 valence electrons. The fourth-order valence-corrected chi connectivity index (χ4v) is 2.65. The number of nitrogens with zero attached hydrogens (tertiary/aromatic N) is 3. The summed E-state index contributed by atoms with van der Waals surface area (Å²) in [7, 11) is 0. The minimum absolute atomic E-state index is 0.00197. The number of aromatic nitrogens is 3. The van der Waals surface area contributed by atoms with Gasteiger partial charge in [-0.3, -0.25) is 0 Å². The lowest BCUT2D eigenvalue weighted by Crippen LogP contribution is -2.12. The Labute approximate surface area is 164 Å². The molecular weight excluding hydrogens is 393 g/mol. The second kappa shape index (κ2) is 7.89. The van der Waals surface area contributed by atoms with E-state index in [1.165, 1.54) is 6.33 Å². The van der Waals surface area contributed by atoms with Gasteiger partial charge in [0.15, 0.2) is 11.6 Å². The number of benzene rings is 1. The molecule has 28 heavy (non-hydrogen) atoms. The Morgan fingerprint density at radius 2 is 1.71 bits per heavy atom. The molecule has 0 spiro atoms. The van der Waals surface area contributed by atoms with Gasteiger partial charge in [-0.15, -0.1) is 0 Å². The number of nitrogen functional groups attached to an aromatic ring is 1. The molecule has 0 saturated carbocycles. The topological polar surface area (TPSA) is 88.8 Å². The van der Waals surface area contributed by atoms with E-state index in [1.54, 1.807) is 0 Å². The number of alkyl halides is 3. The van der Waals surface area contributed by atoms with Crippen molar-refractivity contribution in [3.8, 4) is 0 Å². The molecule has 3 aromatic rings. The van der Waals surface area contributed by atoms with Crippen LogP contribution in [-0.2, 0) is 6.18 Å². The number of hydrogen-bond donors (Lipinski definition) is 3. The van der Waals surface area contributed by atoms with Crippen LogP contribution in [-0.4, -0.2) is 15.0 Å². The van der Waals surface area contributed by atoms with Gasteiger partial charge in [0.1, 0.15) is 17.8 Å². The van der Waals surface area contributed by atoms with Crippen LogP contribution in [0.15, 0.2) is 48.9 Å². The lowest BCUT2D eigenvalue weighted by Gasteiger charge is -2.18. The largest absolute Gasteiger partial charge is 0.417 e. The predicted octanol–water partition coefficient (Wildman–Crippen LogP) is 5.04. The molecule has 0 bridgehead atoms. The van der Waals surface area contributed by atoms with Crippen molar-refractivity contribution in [3.05, 3.63) is 65.1 Å². The number of nitrogens with one attached hydrogen (secondary N) is 2. The zero-order chi connectivity index (χ0) is 20.3. The van der Waals surface area contributed by atoms with Crippen molar-refractivity contribution in [1.82, 2.24) is 15.0 Å². The minimum Gasteiger partial charge on any atom is -0.393 e. The Morgan fingerprint density at radius 1 is 1.04 bits per heavy atom. The summed E-state index contributed by atoms with van der Waals surface area (Å²) in [6, 6.07) is 10.4. The predicted molar refractivity (Wildman–Crippen MR) is 102 cm³/mol. The summed E-state index contributed by atoms with van der Waals surface area (Å²) in [6.45, 7) is 1.94. The van der Waals surface area contributed by atoms with Crippen LogP contribution in [0.25, 0.3) is 0 Å². The maximum Gasteiger partial charge on any atom is 0.417 e. The van der Waals surface area contributed by atoms with Gasteiger partial charge < -0.3 is 16.4 Å². The van der Waals surface area contributed by atoms with Crippen molar-refractivity contribution >= 4 is 34.7 Å². The molecule has 6 nitrogen and oxygen atoms in total. The third kappa shape index (κ3) is 4.42. The standard InChI is InChI=1S/C18H16ClF3N6/c1-10(11-5-3-2-4-6-11)27-16-14(23)17(26-9-25-16)28-15-13(19)7-12(8-24-15)18(20,21)22/h2-10H,23H2,1H3,(H2,24,25,26,27,28). The molecule has 0 aliphatic rings. The maximum absolute atomic E-state index is 12.7. The average Bonchev–Trinajstić information content (AvgIpc) is 2.66. The first-order valence-corrected chi connectivity index (χ1v) is 8.55. The summed E-state index contributed by atoms with van der Waals surface area (Å²) < 4.78 is 38.2. The molecule has 3 rings (SSSR count). The number of halogens is 4. The molecule has 0 aliphatic heterocycles. The van der Waals surface area contributed by atoms with E-state index < -0.39 is 11.7 Å². The van der Waals surface area contributed by atoms with E-state index in [-0.39, 0.29) is 28.4 Å². The summed E-state index contributed by atoms with van der Waals surface area (Å²) in [5, 5.41) is 5.72. The van der Waals surface area contributed by atoms with Crippen LogP contribution < -0.4 is 16.4 Å². The molecule has 4 N–H and O–H groups in total. The smallest absolute Gasteiger partial charge is 0.393 e. The molecular formula is C18H16ClF3N6. The highest BCUT2D eigenvalue weighted by Gasteiger charge is 2.31. The van der Waals surface area contributed by atoms with E-state index in [9.17, 15) is 13.2 Å². The maximum atomic E-state index is 12.7.